The van der Waals surface area contributed by atoms with Crippen molar-refractivity contribution in [3.05, 3.63) is 72.1 Å². The number of thioether (sulfide) groups is 1. The van der Waals surface area contributed by atoms with Crippen LogP contribution in [0.5, 0.6) is 0 Å². The van der Waals surface area contributed by atoms with Crippen molar-refractivity contribution in [2.75, 3.05) is 17.6 Å². The molecule has 3 nitrogen and oxygen atoms in total. The van der Waals surface area contributed by atoms with Gasteiger partial charge in [0, 0.05) is 55.3 Å². The standard InChI is InChI=1S/C22H21N3S.2ClH/c1-15-13-21(17-7-3-5-9-19(17)24-15)23-11-12-26-22-14-16(2)25-20-10-6-4-8-18(20)22;;/h3-10,13-14H,11-12H2,1-2H3,(H,23,24);2*1H. The van der Waals surface area contributed by atoms with E-state index >= 15 is 0 Å². The Hall–Kier alpha value is -2.01. The van der Waals surface area contributed by atoms with Crippen molar-refractivity contribution in [2.45, 2.75) is 18.7 Å². The van der Waals surface area contributed by atoms with Gasteiger partial charge >= 0.3 is 0 Å². The fourth-order valence-corrected chi connectivity index (χ4v) is 4.33. The van der Waals surface area contributed by atoms with Gasteiger partial charge in [0.2, 0.25) is 11.0 Å². The van der Waals surface area contributed by atoms with Crippen LogP contribution in [-0.2, 0) is 0 Å². The van der Waals surface area contributed by atoms with E-state index in [-0.39, 0.29) is 24.8 Å². The highest BCUT2D eigenvalue weighted by atomic mass is 35.5. The van der Waals surface area contributed by atoms with Gasteiger partial charge in [0.05, 0.1) is 16.5 Å². The minimum Gasteiger partial charge on any atom is -1.00 e. The zero-order valence-corrected chi connectivity index (χ0v) is 18.2. The summed E-state index contributed by atoms with van der Waals surface area (Å²) >= 11 is 1.90. The van der Waals surface area contributed by atoms with Gasteiger partial charge < -0.3 is 30.1 Å². The molecule has 28 heavy (non-hydrogen) atoms. The minimum absolute atomic E-state index is 0. The van der Waals surface area contributed by atoms with Crippen LogP contribution in [0, 0.1) is 13.8 Å². The third-order valence-electron chi connectivity index (χ3n) is 4.46. The molecule has 0 fully saturated rings. The summed E-state index contributed by atoms with van der Waals surface area (Å²) in [7, 11) is 0. The van der Waals surface area contributed by atoms with Crippen LogP contribution in [0.4, 0.5) is 5.69 Å². The number of nitrogens with one attached hydrogen (secondary N) is 3. The molecule has 3 N–H and O–H groups in total. The van der Waals surface area contributed by atoms with Crippen LogP contribution < -0.4 is 40.1 Å². The number of benzene rings is 2. The van der Waals surface area contributed by atoms with Crippen molar-refractivity contribution in [3.8, 4) is 0 Å². The molecule has 0 spiro atoms. The molecule has 0 radical (unpaired) electrons. The molecule has 146 valence electrons. The quantitative estimate of drug-likeness (QED) is 0.307. The average molecular weight is 432 g/mol. The first-order chi connectivity index (χ1) is 12.7. The third-order valence-corrected chi connectivity index (χ3v) is 5.51. The number of para-hydroxylation sites is 2. The molecular formula is C22H23Cl2N3S. The lowest BCUT2D eigenvalue weighted by atomic mass is 10.1. The number of H-pyrrole nitrogens is 2. The predicted octanol–water partition coefficient (Wildman–Crippen LogP) is -1.55. The highest BCUT2D eigenvalue weighted by Gasteiger charge is 2.10. The number of hydrogen-bond acceptors (Lipinski definition) is 2. The van der Waals surface area contributed by atoms with E-state index in [1.165, 1.54) is 43.8 Å². The molecule has 0 aliphatic rings. The minimum atomic E-state index is 0. The summed E-state index contributed by atoms with van der Waals surface area (Å²) in [4.78, 5) is 8.20. The van der Waals surface area contributed by atoms with Crippen molar-refractivity contribution in [1.29, 1.82) is 0 Å². The molecule has 2 aromatic heterocycles. The number of aromatic nitrogens is 2. The van der Waals surface area contributed by atoms with Crippen molar-refractivity contribution in [3.63, 3.8) is 0 Å². The van der Waals surface area contributed by atoms with Crippen molar-refractivity contribution >= 4 is 39.3 Å². The smallest absolute Gasteiger partial charge is 0.213 e. The van der Waals surface area contributed by atoms with Gasteiger partial charge in [-0.15, -0.1) is 11.8 Å². The predicted molar refractivity (Wildman–Crippen MR) is 110 cm³/mol. The molecule has 4 rings (SSSR count). The molecule has 4 aromatic rings. The zero-order valence-electron chi connectivity index (χ0n) is 15.9. The van der Waals surface area contributed by atoms with Crippen LogP contribution >= 0.6 is 11.8 Å². The molecule has 0 saturated heterocycles. The lowest BCUT2D eigenvalue weighted by molar-refractivity contribution is -0.355. The van der Waals surface area contributed by atoms with E-state index in [4.69, 9.17) is 0 Å². The van der Waals surface area contributed by atoms with Gasteiger partial charge in [-0.25, -0.2) is 9.97 Å². The maximum atomic E-state index is 3.61. The first-order valence-corrected chi connectivity index (χ1v) is 9.89. The number of hydrogen-bond donors (Lipinski definition) is 1. The summed E-state index contributed by atoms with van der Waals surface area (Å²) in [6.45, 7) is 5.13. The molecule has 0 aliphatic heterocycles. The van der Waals surface area contributed by atoms with Gasteiger partial charge in [-0.3, -0.25) is 0 Å². The van der Waals surface area contributed by atoms with Crippen LogP contribution in [-0.4, -0.2) is 12.3 Å². The van der Waals surface area contributed by atoms with E-state index in [1.54, 1.807) is 0 Å². The molecule has 6 heteroatoms. The van der Waals surface area contributed by atoms with Gasteiger partial charge in [0.25, 0.3) is 0 Å². The molecule has 0 aliphatic carbocycles. The SMILES string of the molecule is Cc1cc(NCCSc2cc(C)[nH+]c3ccccc23)c2ccccc2[nH+]1.[Cl-].[Cl-]. The summed E-state index contributed by atoms with van der Waals surface area (Å²) in [6, 6.07) is 21.4. The van der Waals surface area contributed by atoms with E-state index in [1.807, 2.05) is 11.8 Å². The number of aromatic amines is 2. The Bertz CT molecular complexity index is 998. The third kappa shape index (κ3) is 4.88. The summed E-state index contributed by atoms with van der Waals surface area (Å²) in [5, 5.41) is 6.14. The fraction of sp³-hybridized carbons (Fsp3) is 0.182. The molecular weight excluding hydrogens is 409 g/mol. The Kier molecular flexibility index (Phi) is 7.93. The number of fused-ring (bicyclic) bond motifs is 2. The Morgan fingerprint density at radius 3 is 2.07 bits per heavy atom. The summed E-state index contributed by atoms with van der Waals surface area (Å²) in [5.74, 6) is 1.01. The monoisotopic (exact) mass is 431 g/mol. The number of anilines is 1. The van der Waals surface area contributed by atoms with Crippen LogP contribution in [0.1, 0.15) is 11.4 Å². The Balaban J connectivity index is 0.00000140. The van der Waals surface area contributed by atoms with Gasteiger partial charge in [-0.2, -0.15) is 0 Å². The summed E-state index contributed by atoms with van der Waals surface area (Å²) < 4.78 is 0. The van der Waals surface area contributed by atoms with Crippen LogP contribution in [0.25, 0.3) is 21.8 Å². The highest BCUT2D eigenvalue weighted by molar-refractivity contribution is 7.99. The second-order valence-corrected chi connectivity index (χ2v) is 7.69. The Labute approximate surface area is 182 Å². The molecule has 0 bridgehead atoms. The zero-order chi connectivity index (χ0) is 17.9. The van der Waals surface area contributed by atoms with Crippen LogP contribution in [0.3, 0.4) is 0 Å². The van der Waals surface area contributed by atoms with E-state index in [0.29, 0.717) is 0 Å². The maximum absolute atomic E-state index is 3.61. The van der Waals surface area contributed by atoms with Crippen molar-refractivity contribution in [1.82, 2.24) is 0 Å². The second kappa shape index (κ2) is 9.97. The van der Waals surface area contributed by atoms with E-state index in [0.717, 1.165) is 12.3 Å². The fourth-order valence-electron chi connectivity index (χ4n) is 3.31. The molecule has 0 atom stereocenters. The topological polar surface area (TPSA) is 40.3 Å². The summed E-state index contributed by atoms with van der Waals surface area (Å²) in [6.07, 6.45) is 0. The van der Waals surface area contributed by atoms with Crippen LogP contribution in [0.15, 0.2) is 65.6 Å². The van der Waals surface area contributed by atoms with Crippen LogP contribution in [0.2, 0.25) is 0 Å². The first-order valence-electron chi connectivity index (χ1n) is 8.91. The lowest BCUT2D eigenvalue weighted by Gasteiger charge is -2.09. The van der Waals surface area contributed by atoms with Gasteiger partial charge in [0.15, 0.2) is 11.4 Å². The van der Waals surface area contributed by atoms with E-state index in [2.05, 4.69) is 89.8 Å². The molecule has 2 aromatic carbocycles. The number of aryl methyl sites for hydroxylation is 2. The van der Waals surface area contributed by atoms with E-state index < -0.39 is 0 Å². The first kappa shape index (κ1) is 22.3. The van der Waals surface area contributed by atoms with Gasteiger partial charge in [-0.1, -0.05) is 24.3 Å². The summed E-state index contributed by atoms with van der Waals surface area (Å²) in [5.41, 5.74) is 5.92. The van der Waals surface area contributed by atoms with Gasteiger partial charge in [0.1, 0.15) is 0 Å². The van der Waals surface area contributed by atoms with Crippen molar-refractivity contribution in [2.24, 2.45) is 0 Å². The largest absolute Gasteiger partial charge is 1.00 e. The Morgan fingerprint density at radius 1 is 0.786 bits per heavy atom. The Morgan fingerprint density at radius 2 is 1.36 bits per heavy atom. The molecule has 0 unspecified atom stereocenters. The molecule has 2 heterocycles. The highest BCUT2D eigenvalue weighted by Crippen LogP contribution is 2.26. The maximum Gasteiger partial charge on any atom is 0.213 e. The van der Waals surface area contributed by atoms with Crippen molar-refractivity contribution < 1.29 is 34.8 Å². The lowest BCUT2D eigenvalue weighted by Crippen LogP contribution is -3.00. The average Bonchev–Trinajstić information content (AvgIpc) is 2.64. The normalized spacial score (nSPS) is 10.4. The number of rotatable bonds is 5. The number of pyridine rings is 2. The molecule has 0 amide bonds. The second-order valence-electron chi connectivity index (χ2n) is 6.55. The van der Waals surface area contributed by atoms with Gasteiger partial charge in [-0.05, 0) is 12.1 Å². The number of halogens is 2. The molecule has 0 saturated carbocycles. The van der Waals surface area contributed by atoms with E-state index in [9.17, 15) is 0 Å².